The minimum absolute atomic E-state index is 0.248. The molecule has 3 nitrogen and oxygen atoms in total. The number of methoxy groups -OCH3 is 1. The smallest absolute Gasteiger partial charge is 0.128 e. The average Bonchev–Trinajstić information content (AvgIpc) is 2.60. The largest absolute Gasteiger partial charge is 0.508 e. The predicted octanol–water partition coefficient (Wildman–Crippen LogP) is 5.50. The molecule has 0 saturated carbocycles. The van der Waals surface area contributed by atoms with Crippen molar-refractivity contribution in [1.29, 1.82) is 0 Å². The van der Waals surface area contributed by atoms with Crippen LogP contribution in [0.4, 0.5) is 0 Å². The number of fused-ring (bicyclic) bond motifs is 2. The molecule has 0 bridgehead atoms. The second kappa shape index (κ2) is 5.78. The fraction of sp³-hybridized carbons (Fsp3) is 0.0476. The Kier molecular flexibility index (Phi) is 3.47. The number of benzene rings is 4. The minimum atomic E-state index is 0.248. The fourth-order valence-electron chi connectivity index (χ4n) is 2.81. The molecule has 0 unspecified atom stereocenters. The van der Waals surface area contributed by atoms with Crippen LogP contribution in [0, 0.1) is 0 Å². The normalized spacial score (nSPS) is 10.9. The van der Waals surface area contributed by atoms with Crippen LogP contribution in [0.15, 0.2) is 72.8 Å². The number of hydrogen-bond acceptors (Lipinski definition) is 3. The monoisotopic (exact) mass is 316 g/mol. The van der Waals surface area contributed by atoms with Gasteiger partial charge in [0, 0.05) is 0 Å². The molecule has 0 aliphatic carbocycles. The Morgan fingerprint density at radius 1 is 0.583 bits per heavy atom. The first-order chi connectivity index (χ1) is 11.7. The van der Waals surface area contributed by atoms with Crippen LogP contribution in [-0.2, 0) is 0 Å². The second-order valence-corrected chi connectivity index (χ2v) is 5.67. The lowest BCUT2D eigenvalue weighted by Gasteiger charge is -2.09. The summed E-state index contributed by atoms with van der Waals surface area (Å²) in [5.74, 6) is 2.56. The Bertz CT molecular complexity index is 1040. The molecule has 3 heteroatoms. The Labute approximate surface area is 139 Å². The van der Waals surface area contributed by atoms with Crippen molar-refractivity contribution in [1.82, 2.24) is 0 Å². The van der Waals surface area contributed by atoms with Gasteiger partial charge in [0.1, 0.15) is 23.0 Å². The molecule has 4 aromatic carbocycles. The first-order valence-corrected chi connectivity index (χ1v) is 7.70. The van der Waals surface area contributed by atoms with E-state index < -0.39 is 0 Å². The van der Waals surface area contributed by atoms with Crippen molar-refractivity contribution in [2.75, 3.05) is 7.11 Å². The molecule has 0 amide bonds. The Hall–Kier alpha value is -3.20. The SMILES string of the molecule is COc1ccc2ccc(Oc3ccc4ccc(O)cc4c3)cc2c1. The van der Waals surface area contributed by atoms with E-state index in [-0.39, 0.29) is 5.75 Å². The van der Waals surface area contributed by atoms with Gasteiger partial charge in [0.15, 0.2) is 0 Å². The van der Waals surface area contributed by atoms with Gasteiger partial charge in [-0.3, -0.25) is 0 Å². The van der Waals surface area contributed by atoms with Gasteiger partial charge in [-0.1, -0.05) is 24.3 Å². The van der Waals surface area contributed by atoms with E-state index in [1.807, 2.05) is 60.7 Å². The molecule has 118 valence electrons. The summed E-state index contributed by atoms with van der Waals surface area (Å²) >= 11 is 0. The molecule has 0 fully saturated rings. The number of phenolic OH excluding ortho intramolecular Hbond substituents is 1. The van der Waals surface area contributed by atoms with Crippen molar-refractivity contribution < 1.29 is 14.6 Å². The molecule has 0 saturated heterocycles. The molecular weight excluding hydrogens is 300 g/mol. The standard InChI is InChI=1S/C21H16O3/c1-23-19-7-3-15-5-9-21(13-17(15)11-19)24-20-8-4-14-2-6-18(22)10-16(14)12-20/h2-13,22H,1H3. The Balaban J connectivity index is 1.70. The molecule has 0 aliphatic rings. The summed E-state index contributed by atoms with van der Waals surface area (Å²) in [6.07, 6.45) is 0. The summed E-state index contributed by atoms with van der Waals surface area (Å²) in [5, 5.41) is 13.8. The Morgan fingerprint density at radius 3 is 1.71 bits per heavy atom. The highest BCUT2D eigenvalue weighted by molar-refractivity contribution is 5.86. The molecule has 0 spiro atoms. The van der Waals surface area contributed by atoms with Gasteiger partial charge in [-0.15, -0.1) is 0 Å². The van der Waals surface area contributed by atoms with Crippen molar-refractivity contribution in [2.45, 2.75) is 0 Å². The van der Waals surface area contributed by atoms with Crippen molar-refractivity contribution in [3.8, 4) is 23.0 Å². The first-order valence-electron chi connectivity index (χ1n) is 7.70. The third kappa shape index (κ3) is 2.72. The predicted molar refractivity (Wildman–Crippen MR) is 96.2 cm³/mol. The van der Waals surface area contributed by atoms with Crippen LogP contribution < -0.4 is 9.47 Å². The number of hydrogen-bond donors (Lipinski definition) is 1. The summed E-state index contributed by atoms with van der Waals surface area (Å²) in [7, 11) is 1.66. The topological polar surface area (TPSA) is 38.7 Å². The highest BCUT2D eigenvalue weighted by Gasteiger charge is 2.03. The quantitative estimate of drug-likeness (QED) is 0.542. The van der Waals surface area contributed by atoms with Crippen molar-refractivity contribution in [2.24, 2.45) is 0 Å². The average molecular weight is 316 g/mol. The molecule has 1 N–H and O–H groups in total. The van der Waals surface area contributed by atoms with Gasteiger partial charge in [-0.05, 0) is 70.1 Å². The molecule has 0 heterocycles. The van der Waals surface area contributed by atoms with E-state index in [2.05, 4.69) is 0 Å². The second-order valence-electron chi connectivity index (χ2n) is 5.67. The summed E-state index contributed by atoms with van der Waals surface area (Å²) in [4.78, 5) is 0. The zero-order valence-electron chi connectivity index (χ0n) is 13.2. The fourth-order valence-corrected chi connectivity index (χ4v) is 2.81. The van der Waals surface area contributed by atoms with Gasteiger partial charge >= 0.3 is 0 Å². The van der Waals surface area contributed by atoms with Gasteiger partial charge in [-0.2, -0.15) is 0 Å². The summed E-state index contributed by atoms with van der Waals surface area (Å²) in [6.45, 7) is 0. The van der Waals surface area contributed by atoms with Crippen LogP contribution in [0.1, 0.15) is 0 Å². The van der Waals surface area contributed by atoms with Gasteiger partial charge in [0.05, 0.1) is 7.11 Å². The maximum atomic E-state index is 9.63. The van der Waals surface area contributed by atoms with Crippen LogP contribution >= 0.6 is 0 Å². The number of ether oxygens (including phenoxy) is 2. The molecule has 0 aliphatic heterocycles. The van der Waals surface area contributed by atoms with Crippen molar-refractivity contribution in [3.63, 3.8) is 0 Å². The minimum Gasteiger partial charge on any atom is -0.508 e. The van der Waals surface area contributed by atoms with Gasteiger partial charge in [-0.25, -0.2) is 0 Å². The summed E-state index contributed by atoms with van der Waals surface area (Å²) < 4.78 is 11.3. The highest BCUT2D eigenvalue weighted by Crippen LogP contribution is 2.30. The molecule has 0 atom stereocenters. The van der Waals surface area contributed by atoms with Crippen LogP contribution in [0.2, 0.25) is 0 Å². The molecule has 0 aromatic heterocycles. The third-order valence-electron chi connectivity index (χ3n) is 4.05. The maximum absolute atomic E-state index is 9.63. The van der Waals surface area contributed by atoms with E-state index in [0.29, 0.717) is 0 Å². The Morgan fingerprint density at radius 2 is 1.08 bits per heavy atom. The van der Waals surface area contributed by atoms with Gasteiger partial charge in [0.25, 0.3) is 0 Å². The maximum Gasteiger partial charge on any atom is 0.128 e. The lowest BCUT2D eigenvalue weighted by molar-refractivity contribution is 0.415. The number of aromatic hydroxyl groups is 1. The van der Waals surface area contributed by atoms with Gasteiger partial charge < -0.3 is 14.6 Å². The van der Waals surface area contributed by atoms with Crippen LogP contribution in [0.3, 0.4) is 0 Å². The van der Waals surface area contributed by atoms with E-state index in [4.69, 9.17) is 9.47 Å². The van der Waals surface area contributed by atoms with Crippen LogP contribution in [-0.4, -0.2) is 12.2 Å². The number of phenols is 1. The molecular formula is C21H16O3. The molecule has 4 aromatic rings. The highest BCUT2D eigenvalue weighted by atomic mass is 16.5. The summed E-state index contributed by atoms with van der Waals surface area (Å²) in [5.41, 5.74) is 0. The van der Waals surface area contributed by atoms with Gasteiger partial charge in [0.2, 0.25) is 0 Å². The zero-order valence-corrected chi connectivity index (χ0v) is 13.2. The third-order valence-corrected chi connectivity index (χ3v) is 4.05. The van der Waals surface area contributed by atoms with E-state index in [0.717, 1.165) is 38.8 Å². The van der Waals surface area contributed by atoms with Crippen LogP contribution in [0.25, 0.3) is 21.5 Å². The molecule has 24 heavy (non-hydrogen) atoms. The van der Waals surface area contributed by atoms with E-state index in [9.17, 15) is 5.11 Å². The molecule has 4 rings (SSSR count). The van der Waals surface area contributed by atoms with E-state index in [1.165, 1.54) is 0 Å². The molecule has 0 radical (unpaired) electrons. The number of rotatable bonds is 3. The summed E-state index contributed by atoms with van der Waals surface area (Å²) in [6, 6.07) is 23.0. The first kappa shape index (κ1) is 14.4. The van der Waals surface area contributed by atoms with Crippen LogP contribution in [0.5, 0.6) is 23.0 Å². The van der Waals surface area contributed by atoms with Crippen molar-refractivity contribution in [3.05, 3.63) is 72.8 Å². The van der Waals surface area contributed by atoms with Crippen molar-refractivity contribution >= 4 is 21.5 Å². The lowest BCUT2D eigenvalue weighted by atomic mass is 10.1. The zero-order chi connectivity index (χ0) is 16.5. The lowest BCUT2D eigenvalue weighted by Crippen LogP contribution is -1.86. The van der Waals surface area contributed by atoms with E-state index in [1.54, 1.807) is 19.2 Å². The van der Waals surface area contributed by atoms with E-state index >= 15 is 0 Å².